The highest BCUT2D eigenvalue weighted by atomic mass is 32.4. The van der Waals surface area contributed by atoms with Crippen molar-refractivity contribution in [3.63, 3.8) is 0 Å². The van der Waals surface area contributed by atoms with E-state index in [0.29, 0.717) is 0 Å². The van der Waals surface area contributed by atoms with Crippen LogP contribution in [-0.2, 0) is 40.1 Å². The molecule has 0 saturated carbocycles. The highest BCUT2D eigenvalue weighted by molar-refractivity contribution is 8.38. The lowest BCUT2D eigenvalue weighted by Crippen LogP contribution is -2.69. The summed E-state index contributed by atoms with van der Waals surface area (Å²) in [7, 11) is -23.8. The minimum Gasteiger partial charge on any atom is -0.211 e. The van der Waals surface area contributed by atoms with Gasteiger partial charge in [0, 0.05) is 51.9 Å². The molecule has 0 atom stereocenters. The zero-order chi connectivity index (χ0) is 25.8. The molecule has 184 valence electrons. The highest BCUT2D eigenvalue weighted by Gasteiger charge is 2.74. The van der Waals surface area contributed by atoms with Crippen molar-refractivity contribution in [3.8, 4) is 24.3 Å². The van der Waals surface area contributed by atoms with Gasteiger partial charge in [-0.2, -0.15) is 21.0 Å². The molecule has 0 amide bonds. The molecule has 33 heavy (non-hydrogen) atoms. The summed E-state index contributed by atoms with van der Waals surface area (Å²) in [6.45, 7) is -3.41. The summed E-state index contributed by atoms with van der Waals surface area (Å²) in [6.07, 6.45) is -2.33. The monoisotopic (exact) mass is 544 g/mol. The van der Waals surface area contributed by atoms with E-state index in [0.717, 1.165) is 0 Å². The molecule has 0 spiro atoms. The number of nitriles is 4. The van der Waals surface area contributed by atoms with Gasteiger partial charge in [-0.3, -0.25) is 0 Å². The number of nitrogens with one attached hydrogen (secondary N) is 4. The van der Waals surface area contributed by atoms with Gasteiger partial charge in [-0.05, 0) is 0 Å². The summed E-state index contributed by atoms with van der Waals surface area (Å²) >= 11 is 0. The third kappa shape index (κ3) is 6.80. The van der Waals surface area contributed by atoms with Crippen LogP contribution < -0.4 is 18.9 Å². The van der Waals surface area contributed by atoms with Crippen LogP contribution >= 0.6 is 0 Å². The van der Waals surface area contributed by atoms with E-state index in [9.17, 15) is 33.7 Å². The second-order valence-electron chi connectivity index (χ2n) is 5.72. The Morgan fingerprint density at radius 2 is 0.636 bits per heavy atom. The first-order valence-corrected chi connectivity index (χ1v) is 14.6. The molecule has 4 N–H and O–H groups in total. The Morgan fingerprint density at radius 3 is 0.788 bits per heavy atom. The number of hydrogen-bond donors (Lipinski definition) is 4. The average Bonchev–Trinajstić information content (AvgIpc) is 2.67. The molecular weight excluding hydrogens is 524 g/mol. The molecule has 0 heterocycles. The van der Waals surface area contributed by atoms with Gasteiger partial charge in [-0.25, -0.2) is 52.6 Å². The molecule has 0 aliphatic carbocycles. The van der Waals surface area contributed by atoms with Crippen LogP contribution in [0.5, 0.6) is 0 Å². The maximum Gasteiger partial charge on any atom is 0.423 e. The average molecular weight is 545 g/mol. The van der Waals surface area contributed by atoms with E-state index >= 15 is 0 Å². The summed E-state index contributed by atoms with van der Waals surface area (Å²) in [5.41, 5.74) is 0. The van der Waals surface area contributed by atoms with E-state index in [1.165, 1.54) is 43.2 Å². The molecule has 0 bridgehead atoms. The second-order valence-corrected chi connectivity index (χ2v) is 14.9. The summed E-state index contributed by atoms with van der Waals surface area (Å²) in [6, 6.07) is 6.01. The molecule has 0 aliphatic rings. The maximum atomic E-state index is 13.1. The lowest BCUT2D eigenvalue weighted by molar-refractivity contribution is 0.537. The zero-order valence-corrected chi connectivity index (χ0v) is 20.1. The van der Waals surface area contributed by atoms with Crippen molar-refractivity contribution < 1.29 is 33.7 Å². The Balaban J connectivity index is 7.34. The topological polar surface area (TPSA) is 280 Å². The fourth-order valence-corrected chi connectivity index (χ4v) is 13.4. The maximum absolute atomic E-state index is 13.1. The quantitative estimate of drug-likeness (QED) is 0.141. The summed E-state index contributed by atoms with van der Waals surface area (Å²) in [5, 5.41) is 34.4. The number of sulfonamides is 4. The molecule has 0 unspecified atom stereocenters. The number of rotatable bonds is 16. The van der Waals surface area contributed by atoms with E-state index in [1.807, 2.05) is 0 Å². The van der Waals surface area contributed by atoms with E-state index in [2.05, 4.69) is 0 Å². The predicted octanol–water partition coefficient (Wildman–Crippen LogP) is -3.07. The number of hydrogen-bond acceptors (Lipinski definition) is 12. The summed E-state index contributed by atoms with van der Waals surface area (Å²) < 4.78 is 106. The van der Waals surface area contributed by atoms with E-state index < -0.39 is 94.7 Å². The van der Waals surface area contributed by atoms with Gasteiger partial charge in [0.2, 0.25) is 0 Å². The first kappa shape index (κ1) is 30.6. The standard InChI is InChI=1S/C13H20N8O8S4/c14-5-1-9-18-30(22,23)13(31(24,25)19-10-2-6-15,32(26,27)20-11-3-7-16)33(28,29)21-12-4-8-17/h18-21H,1-4,9-12H2. The molecule has 0 rings (SSSR count). The fraction of sp³-hybridized carbons (Fsp3) is 0.692. The lowest BCUT2D eigenvalue weighted by Gasteiger charge is -2.31. The lowest BCUT2D eigenvalue weighted by atomic mass is 10.5. The largest absolute Gasteiger partial charge is 0.423 e. The van der Waals surface area contributed by atoms with Gasteiger partial charge in [0.05, 0.1) is 24.3 Å². The van der Waals surface area contributed by atoms with Crippen LogP contribution in [0.2, 0.25) is 0 Å². The van der Waals surface area contributed by atoms with Gasteiger partial charge in [0.1, 0.15) is 0 Å². The zero-order valence-electron chi connectivity index (χ0n) is 16.8. The second kappa shape index (κ2) is 12.7. The van der Waals surface area contributed by atoms with Crippen molar-refractivity contribution in [2.45, 2.75) is 28.4 Å². The first-order valence-electron chi connectivity index (χ1n) is 8.69. The predicted molar refractivity (Wildman–Crippen MR) is 111 cm³/mol. The third-order valence-corrected chi connectivity index (χ3v) is 16.3. The van der Waals surface area contributed by atoms with Crippen LogP contribution in [0.3, 0.4) is 0 Å². The molecule has 16 nitrogen and oxygen atoms in total. The van der Waals surface area contributed by atoms with Crippen LogP contribution in [0, 0.1) is 45.3 Å². The van der Waals surface area contributed by atoms with Crippen LogP contribution in [0.1, 0.15) is 25.7 Å². The summed E-state index contributed by atoms with van der Waals surface area (Å²) in [4.78, 5) is 0. The minimum absolute atomic E-state index is 0.582. The molecule has 0 aromatic rings. The van der Waals surface area contributed by atoms with Crippen molar-refractivity contribution in [3.05, 3.63) is 0 Å². The Bertz CT molecular complexity index is 1070. The first-order chi connectivity index (χ1) is 15.2. The third-order valence-electron chi connectivity index (χ3n) is 3.43. The van der Waals surface area contributed by atoms with Gasteiger partial charge in [-0.15, -0.1) is 0 Å². The Morgan fingerprint density at radius 1 is 0.455 bits per heavy atom. The molecule has 0 aromatic carbocycles. The van der Waals surface area contributed by atoms with Crippen LogP contribution in [0.15, 0.2) is 0 Å². The normalized spacial score (nSPS) is 12.7. The Kier molecular flexibility index (Phi) is 11.8. The highest BCUT2D eigenvalue weighted by Crippen LogP contribution is 2.35. The van der Waals surface area contributed by atoms with Gasteiger partial charge >= 0.3 is 2.74 Å². The Labute approximate surface area is 192 Å². The SMILES string of the molecule is N#CCCNS(=O)(=O)C(S(=O)(=O)NCCC#N)(S(=O)(=O)NCCC#N)S(=O)(=O)NCCC#N. The van der Waals surface area contributed by atoms with Crippen LogP contribution in [0.25, 0.3) is 0 Å². The van der Waals surface area contributed by atoms with Crippen molar-refractivity contribution in [2.75, 3.05) is 26.2 Å². The van der Waals surface area contributed by atoms with E-state index in [4.69, 9.17) is 21.0 Å². The smallest absolute Gasteiger partial charge is 0.211 e. The van der Waals surface area contributed by atoms with Gasteiger partial charge in [-0.1, -0.05) is 0 Å². The molecule has 0 saturated heterocycles. The van der Waals surface area contributed by atoms with Gasteiger partial charge in [0.15, 0.2) is 0 Å². The molecule has 0 aliphatic heterocycles. The number of nitrogens with zero attached hydrogens (tertiary/aromatic N) is 4. The van der Waals surface area contributed by atoms with Crippen molar-refractivity contribution in [1.29, 1.82) is 21.0 Å². The van der Waals surface area contributed by atoms with E-state index in [1.54, 1.807) is 0 Å². The molecule has 0 radical (unpaired) electrons. The van der Waals surface area contributed by atoms with E-state index in [-0.39, 0.29) is 0 Å². The van der Waals surface area contributed by atoms with Gasteiger partial charge < -0.3 is 0 Å². The summed E-state index contributed by atoms with van der Waals surface area (Å²) in [5.74, 6) is 0. The van der Waals surface area contributed by atoms with Gasteiger partial charge in [0.25, 0.3) is 40.1 Å². The Hall–Kier alpha value is -2.40. The van der Waals surface area contributed by atoms with Crippen molar-refractivity contribution in [1.82, 2.24) is 18.9 Å². The molecule has 0 aromatic heterocycles. The molecule has 0 fully saturated rings. The van der Waals surface area contributed by atoms with Crippen molar-refractivity contribution in [2.24, 2.45) is 0 Å². The fourth-order valence-electron chi connectivity index (χ4n) is 2.19. The van der Waals surface area contributed by atoms with Crippen LogP contribution in [0.4, 0.5) is 0 Å². The van der Waals surface area contributed by atoms with Crippen LogP contribution in [-0.4, -0.2) is 62.6 Å². The molecular formula is C13H20N8O8S4. The van der Waals surface area contributed by atoms with Crippen molar-refractivity contribution >= 4 is 40.1 Å². The minimum atomic E-state index is -5.94. The molecule has 20 heteroatoms.